The van der Waals surface area contributed by atoms with E-state index in [0.29, 0.717) is 19.5 Å². The number of rotatable bonds is 1. The smallest absolute Gasteiger partial charge is 0.226 e. The lowest BCUT2D eigenvalue weighted by molar-refractivity contribution is -0.135. The van der Waals surface area contributed by atoms with Gasteiger partial charge in [0.2, 0.25) is 5.91 Å². The van der Waals surface area contributed by atoms with Gasteiger partial charge in [0.25, 0.3) is 0 Å². The fourth-order valence-corrected chi connectivity index (χ4v) is 3.87. The van der Waals surface area contributed by atoms with Gasteiger partial charge in [-0.15, -0.1) is 0 Å². The van der Waals surface area contributed by atoms with Crippen LogP contribution in [-0.2, 0) is 14.6 Å². The number of hydrogen-bond donors (Lipinski definition) is 1. The Kier molecular flexibility index (Phi) is 2.97. The largest absolute Gasteiger partial charge is 0.340 e. The second kappa shape index (κ2) is 4.09. The Morgan fingerprint density at radius 3 is 2.47 bits per heavy atom. The molecule has 1 atom stereocenters. The fourth-order valence-electron chi connectivity index (χ4n) is 2.13. The van der Waals surface area contributed by atoms with Gasteiger partial charge in [-0.05, 0) is 6.42 Å². The van der Waals surface area contributed by atoms with E-state index in [-0.39, 0.29) is 23.3 Å². The van der Waals surface area contributed by atoms with Gasteiger partial charge in [-0.25, -0.2) is 8.42 Å². The van der Waals surface area contributed by atoms with E-state index >= 15 is 0 Å². The molecule has 0 spiro atoms. The van der Waals surface area contributed by atoms with Gasteiger partial charge in [-0.1, -0.05) is 0 Å². The number of nitrogens with zero attached hydrogens (tertiary/aromatic N) is 1. The minimum Gasteiger partial charge on any atom is -0.340 e. The number of sulfone groups is 1. The molecule has 0 radical (unpaired) electrons. The van der Waals surface area contributed by atoms with E-state index in [0.717, 1.165) is 13.1 Å². The maximum absolute atomic E-state index is 11.9. The molecule has 0 saturated carbocycles. The number of carbonyl (C=O) groups excluding carboxylic acids is 1. The highest BCUT2D eigenvalue weighted by Gasteiger charge is 2.35. The standard InChI is InChI=1S/C9H16N2O3S/c12-9(11-4-2-10-3-5-11)8-1-6-15(13,14)7-8/h8,10H,1-7H2/t8-/m1/s1. The summed E-state index contributed by atoms with van der Waals surface area (Å²) in [6.45, 7) is 3.03. The number of carbonyl (C=O) groups is 1. The van der Waals surface area contributed by atoms with Crippen LogP contribution in [-0.4, -0.2) is 56.9 Å². The van der Waals surface area contributed by atoms with Crippen LogP contribution in [0.3, 0.4) is 0 Å². The lowest BCUT2D eigenvalue weighted by Crippen LogP contribution is -2.48. The van der Waals surface area contributed by atoms with Crippen LogP contribution in [0, 0.1) is 5.92 Å². The highest BCUT2D eigenvalue weighted by molar-refractivity contribution is 7.91. The van der Waals surface area contributed by atoms with Crippen molar-refractivity contribution in [3.05, 3.63) is 0 Å². The first-order valence-electron chi connectivity index (χ1n) is 5.28. The first-order valence-corrected chi connectivity index (χ1v) is 7.10. The Bertz CT molecular complexity index is 346. The van der Waals surface area contributed by atoms with Gasteiger partial charge in [0.05, 0.1) is 17.4 Å². The lowest BCUT2D eigenvalue weighted by Gasteiger charge is -2.29. The summed E-state index contributed by atoms with van der Waals surface area (Å²) in [6.07, 6.45) is 0.505. The number of nitrogens with one attached hydrogen (secondary N) is 1. The molecule has 0 aromatic carbocycles. The van der Waals surface area contributed by atoms with Crippen LogP contribution in [0.2, 0.25) is 0 Å². The van der Waals surface area contributed by atoms with Gasteiger partial charge in [0.1, 0.15) is 0 Å². The molecule has 86 valence electrons. The van der Waals surface area contributed by atoms with Gasteiger partial charge >= 0.3 is 0 Å². The van der Waals surface area contributed by atoms with E-state index in [4.69, 9.17) is 0 Å². The third-order valence-corrected chi connectivity index (χ3v) is 4.78. The second-order valence-electron chi connectivity index (χ2n) is 4.18. The molecule has 0 aromatic rings. The first-order chi connectivity index (χ1) is 7.08. The Morgan fingerprint density at radius 2 is 1.93 bits per heavy atom. The van der Waals surface area contributed by atoms with Crippen molar-refractivity contribution in [2.75, 3.05) is 37.7 Å². The predicted molar refractivity (Wildman–Crippen MR) is 56.2 cm³/mol. The minimum absolute atomic E-state index is 0.0255. The molecule has 0 aromatic heterocycles. The fraction of sp³-hybridized carbons (Fsp3) is 0.889. The average molecular weight is 232 g/mol. The summed E-state index contributed by atoms with van der Waals surface area (Å²) in [5.41, 5.74) is 0. The maximum Gasteiger partial charge on any atom is 0.226 e. The Morgan fingerprint density at radius 1 is 1.27 bits per heavy atom. The molecule has 2 fully saturated rings. The Hall–Kier alpha value is -0.620. The molecular weight excluding hydrogens is 216 g/mol. The highest BCUT2D eigenvalue weighted by atomic mass is 32.2. The molecule has 0 aliphatic carbocycles. The van der Waals surface area contributed by atoms with Crippen LogP contribution in [0.15, 0.2) is 0 Å². The molecule has 15 heavy (non-hydrogen) atoms. The summed E-state index contributed by atoms with van der Waals surface area (Å²) in [6, 6.07) is 0. The summed E-state index contributed by atoms with van der Waals surface area (Å²) in [4.78, 5) is 13.7. The molecule has 0 unspecified atom stereocenters. The van der Waals surface area contributed by atoms with E-state index in [1.54, 1.807) is 4.90 Å². The summed E-state index contributed by atoms with van der Waals surface area (Å²) in [5, 5.41) is 3.16. The molecule has 5 nitrogen and oxygen atoms in total. The van der Waals surface area contributed by atoms with E-state index < -0.39 is 9.84 Å². The van der Waals surface area contributed by atoms with Crippen molar-refractivity contribution < 1.29 is 13.2 Å². The van der Waals surface area contributed by atoms with Crippen molar-refractivity contribution in [3.8, 4) is 0 Å². The zero-order valence-corrected chi connectivity index (χ0v) is 9.42. The van der Waals surface area contributed by atoms with Gasteiger partial charge < -0.3 is 10.2 Å². The second-order valence-corrected chi connectivity index (χ2v) is 6.40. The third kappa shape index (κ3) is 2.49. The van der Waals surface area contributed by atoms with E-state index in [1.165, 1.54) is 0 Å². The van der Waals surface area contributed by atoms with Crippen molar-refractivity contribution in [2.24, 2.45) is 5.92 Å². The quantitative estimate of drug-likeness (QED) is 0.620. The monoisotopic (exact) mass is 232 g/mol. The van der Waals surface area contributed by atoms with Gasteiger partial charge in [-0.3, -0.25) is 4.79 Å². The van der Waals surface area contributed by atoms with E-state index in [9.17, 15) is 13.2 Å². The summed E-state index contributed by atoms with van der Waals surface area (Å²) >= 11 is 0. The first kappa shape index (κ1) is 10.9. The molecule has 6 heteroatoms. The molecule has 1 N–H and O–H groups in total. The van der Waals surface area contributed by atoms with Crippen LogP contribution in [0.5, 0.6) is 0 Å². The van der Waals surface area contributed by atoms with Crippen molar-refractivity contribution >= 4 is 15.7 Å². The van der Waals surface area contributed by atoms with Crippen molar-refractivity contribution in [2.45, 2.75) is 6.42 Å². The summed E-state index contributed by atoms with van der Waals surface area (Å²) in [7, 11) is -2.94. The predicted octanol–water partition coefficient (Wildman–Crippen LogP) is -1.15. The topological polar surface area (TPSA) is 66.5 Å². The molecular formula is C9H16N2O3S. The molecule has 2 saturated heterocycles. The van der Waals surface area contributed by atoms with Crippen molar-refractivity contribution in [3.63, 3.8) is 0 Å². The van der Waals surface area contributed by atoms with Crippen LogP contribution in [0.1, 0.15) is 6.42 Å². The van der Waals surface area contributed by atoms with Crippen LogP contribution in [0.4, 0.5) is 0 Å². The van der Waals surface area contributed by atoms with E-state index in [2.05, 4.69) is 5.32 Å². The molecule has 1 amide bonds. The molecule has 2 heterocycles. The SMILES string of the molecule is O=C([C@@H]1CCS(=O)(=O)C1)N1CCNCC1. The third-order valence-electron chi connectivity index (χ3n) is 3.01. The molecule has 2 rings (SSSR count). The molecule has 2 aliphatic rings. The lowest BCUT2D eigenvalue weighted by atomic mass is 10.1. The van der Waals surface area contributed by atoms with Crippen LogP contribution in [0.25, 0.3) is 0 Å². The van der Waals surface area contributed by atoms with Crippen molar-refractivity contribution in [1.82, 2.24) is 10.2 Å². The summed E-state index contributed by atoms with van der Waals surface area (Å²) < 4.78 is 22.5. The van der Waals surface area contributed by atoms with Crippen molar-refractivity contribution in [1.29, 1.82) is 0 Å². The number of piperazine rings is 1. The highest BCUT2D eigenvalue weighted by Crippen LogP contribution is 2.20. The van der Waals surface area contributed by atoms with Gasteiger partial charge in [-0.2, -0.15) is 0 Å². The number of amides is 1. The molecule has 0 bridgehead atoms. The Labute approximate surface area is 89.7 Å². The minimum atomic E-state index is -2.94. The Balaban J connectivity index is 1.96. The summed E-state index contributed by atoms with van der Waals surface area (Å²) in [5.74, 6) is -0.0312. The number of hydrogen-bond acceptors (Lipinski definition) is 4. The zero-order valence-electron chi connectivity index (χ0n) is 8.61. The maximum atomic E-state index is 11.9. The van der Waals surface area contributed by atoms with Gasteiger partial charge in [0, 0.05) is 26.2 Å². The van der Waals surface area contributed by atoms with Crippen LogP contribution < -0.4 is 5.32 Å². The van der Waals surface area contributed by atoms with Crippen LogP contribution >= 0.6 is 0 Å². The van der Waals surface area contributed by atoms with E-state index in [1.807, 2.05) is 0 Å². The average Bonchev–Trinajstić information content (AvgIpc) is 2.59. The normalized spacial score (nSPS) is 30.4. The van der Waals surface area contributed by atoms with Gasteiger partial charge in [0.15, 0.2) is 9.84 Å². The zero-order chi connectivity index (χ0) is 10.9. The molecule has 2 aliphatic heterocycles.